The highest BCUT2D eigenvalue weighted by atomic mass is 16.1. The lowest BCUT2D eigenvalue weighted by Gasteiger charge is -2.16. The van der Waals surface area contributed by atoms with Gasteiger partial charge in [-0.05, 0) is 19.9 Å². The molecule has 0 saturated carbocycles. The Balaban J connectivity index is 2.85. The molecule has 0 radical (unpaired) electrons. The van der Waals surface area contributed by atoms with Gasteiger partial charge in [0.2, 0.25) is 5.95 Å². The van der Waals surface area contributed by atoms with Gasteiger partial charge < -0.3 is 9.47 Å². The summed E-state index contributed by atoms with van der Waals surface area (Å²) in [6, 6.07) is 2.13. The minimum absolute atomic E-state index is 0.00176. The Morgan fingerprint density at radius 3 is 2.53 bits per heavy atom. The number of hydrogen-bond acceptors (Lipinski definition) is 3. The number of nitrogens with zero attached hydrogens (tertiary/aromatic N) is 4. The maximum Gasteiger partial charge on any atom is 0.264 e. The molecule has 2 rings (SSSR count). The summed E-state index contributed by atoms with van der Waals surface area (Å²) in [6.07, 6.45) is 1.92. The molecule has 0 amide bonds. The van der Waals surface area contributed by atoms with Crippen LogP contribution in [-0.4, -0.2) is 28.2 Å². The van der Waals surface area contributed by atoms with E-state index in [9.17, 15) is 4.79 Å². The van der Waals surface area contributed by atoms with Gasteiger partial charge >= 0.3 is 0 Å². The van der Waals surface area contributed by atoms with Crippen molar-refractivity contribution in [1.82, 2.24) is 14.1 Å². The van der Waals surface area contributed by atoms with Crippen molar-refractivity contribution in [3.8, 4) is 0 Å². The fourth-order valence-corrected chi connectivity index (χ4v) is 1.98. The summed E-state index contributed by atoms with van der Waals surface area (Å²) in [6.45, 7) is 4.15. The van der Waals surface area contributed by atoms with Gasteiger partial charge in [-0.3, -0.25) is 9.36 Å². The summed E-state index contributed by atoms with van der Waals surface area (Å²) in [5.41, 5.74) is 0.755. The first-order chi connectivity index (χ1) is 7.93. The molecule has 0 aliphatic carbocycles. The summed E-state index contributed by atoms with van der Waals surface area (Å²) in [5, 5.41) is 0.673. The number of fused-ring (bicyclic) bond motifs is 1. The maximum absolute atomic E-state index is 12.2. The molecule has 0 aliphatic rings. The van der Waals surface area contributed by atoms with E-state index in [0.717, 1.165) is 5.65 Å². The maximum atomic E-state index is 12.2. The molecule has 0 spiro atoms. The quantitative estimate of drug-likeness (QED) is 0.788. The zero-order valence-electron chi connectivity index (χ0n) is 10.9. The molecule has 0 aliphatic heterocycles. The highest BCUT2D eigenvalue weighted by Crippen LogP contribution is 2.17. The number of hydrogen-bond donors (Lipinski definition) is 0. The molecule has 5 nitrogen and oxygen atoms in total. The smallest absolute Gasteiger partial charge is 0.264 e. The summed E-state index contributed by atoms with van der Waals surface area (Å²) >= 11 is 0. The van der Waals surface area contributed by atoms with Gasteiger partial charge in [-0.25, -0.2) is 0 Å². The van der Waals surface area contributed by atoms with Gasteiger partial charge in [0.25, 0.3) is 5.56 Å². The number of rotatable bonds is 2. The first-order valence-electron chi connectivity index (χ1n) is 5.68. The molecule has 0 aromatic carbocycles. The second kappa shape index (κ2) is 3.91. The van der Waals surface area contributed by atoms with Crippen LogP contribution in [0.2, 0.25) is 0 Å². The monoisotopic (exact) mass is 234 g/mol. The Morgan fingerprint density at radius 1 is 1.35 bits per heavy atom. The summed E-state index contributed by atoms with van der Waals surface area (Å²) in [5.74, 6) is 0.670. The third kappa shape index (κ3) is 1.71. The van der Waals surface area contributed by atoms with E-state index in [1.54, 1.807) is 11.6 Å². The minimum Gasteiger partial charge on any atom is -0.348 e. The van der Waals surface area contributed by atoms with Crippen LogP contribution in [0, 0.1) is 0 Å². The van der Waals surface area contributed by atoms with E-state index in [2.05, 4.69) is 18.8 Å². The van der Waals surface area contributed by atoms with Gasteiger partial charge in [-0.2, -0.15) is 4.98 Å². The van der Waals surface area contributed by atoms with E-state index in [-0.39, 0.29) is 5.56 Å². The van der Waals surface area contributed by atoms with Crippen LogP contribution in [0.1, 0.15) is 19.9 Å². The van der Waals surface area contributed by atoms with Crippen molar-refractivity contribution in [1.29, 1.82) is 0 Å². The van der Waals surface area contributed by atoms with Crippen LogP contribution < -0.4 is 10.5 Å². The Bertz CT molecular complexity index is 607. The van der Waals surface area contributed by atoms with E-state index < -0.39 is 0 Å². The minimum atomic E-state index is -0.00176. The van der Waals surface area contributed by atoms with Crippen LogP contribution in [-0.2, 0) is 7.05 Å². The second-order valence-electron chi connectivity index (χ2n) is 4.72. The predicted octanol–water partition coefficient (Wildman–Crippen LogP) is 1.38. The summed E-state index contributed by atoms with van der Waals surface area (Å²) in [7, 11) is 5.52. The molecule has 0 N–H and O–H groups in total. The standard InChI is InChI=1S/C12H18N4O/c1-8(2)16-7-6-9-10(16)13-12(14(3)4)15(5)11(9)17/h6-8H,1-5H3. The van der Waals surface area contributed by atoms with Crippen LogP contribution in [0.4, 0.5) is 5.95 Å². The van der Waals surface area contributed by atoms with Crippen LogP contribution >= 0.6 is 0 Å². The molecule has 0 atom stereocenters. The van der Waals surface area contributed by atoms with Gasteiger partial charge in [0.1, 0.15) is 5.65 Å². The largest absolute Gasteiger partial charge is 0.348 e. The zero-order valence-corrected chi connectivity index (χ0v) is 10.9. The lowest BCUT2D eigenvalue weighted by molar-refractivity contribution is 0.616. The third-order valence-electron chi connectivity index (χ3n) is 2.88. The SMILES string of the molecule is CC(C)n1ccc2c(=O)n(C)c(N(C)C)nc21. The average molecular weight is 234 g/mol. The first kappa shape index (κ1) is 11.7. The third-order valence-corrected chi connectivity index (χ3v) is 2.88. The molecule has 0 saturated heterocycles. The lowest BCUT2D eigenvalue weighted by atomic mass is 10.4. The molecule has 17 heavy (non-hydrogen) atoms. The van der Waals surface area contributed by atoms with Crippen LogP contribution in [0.5, 0.6) is 0 Å². The zero-order chi connectivity index (χ0) is 12.7. The average Bonchev–Trinajstić information content (AvgIpc) is 2.66. The molecule has 0 bridgehead atoms. The molecular formula is C12H18N4O. The van der Waals surface area contributed by atoms with Gasteiger partial charge in [0.05, 0.1) is 5.39 Å². The van der Waals surface area contributed by atoms with E-state index >= 15 is 0 Å². The fraction of sp³-hybridized carbons (Fsp3) is 0.500. The Kier molecular flexibility index (Phi) is 2.69. The molecular weight excluding hydrogens is 216 g/mol. The van der Waals surface area contributed by atoms with Crippen molar-refractivity contribution >= 4 is 17.0 Å². The number of aromatic nitrogens is 3. The van der Waals surface area contributed by atoms with E-state index in [1.165, 1.54) is 0 Å². The molecule has 92 valence electrons. The molecule has 5 heteroatoms. The van der Waals surface area contributed by atoms with E-state index in [0.29, 0.717) is 17.4 Å². The van der Waals surface area contributed by atoms with Crippen molar-refractivity contribution < 1.29 is 0 Å². The van der Waals surface area contributed by atoms with E-state index in [1.807, 2.05) is 35.8 Å². The van der Waals surface area contributed by atoms with Gasteiger partial charge in [0.15, 0.2) is 0 Å². The predicted molar refractivity (Wildman–Crippen MR) is 69.7 cm³/mol. The van der Waals surface area contributed by atoms with Crippen LogP contribution in [0.3, 0.4) is 0 Å². The van der Waals surface area contributed by atoms with Crippen molar-refractivity contribution in [2.45, 2.75) is 19.9 Å². The van der Waals surface area contributed by atoms with Crippen LogP contribution in [0.15, 0.2) is 17.1 Å². The molecule has 2 aromatic heterocycles. The molecule has 0 unspecified atom stereocenters. The topological polar surface area (TPSA) is 43.1 Å². The van der Waals surface area contributed by atoms with Crippen molar-refractivity contribution in [3.05, 3.63) is 22.6 Å². The normalized spacial score (nSPS) is 11.4. The highest BCUT2D eigenvalue weighted by molar-refractivity contribution is 5.76. The lowest BCUT2D eigenvalue weighted by Crippen LogP contribution is -2.26. The van der Waals surface area contributed by atoms with E-state index in [4.69, 9.17) is 0 Å². The van der Waals surface area contributed by atoms with Crippen molar-refractivity contribution in [2.24, 2.45) is 7.05 Å². The number of anilines is 1. The summed E-state index contributed by atoms with van der Waals surface area (Å²) < 4.78 is 3.59. The Labute approximate surface area is 100 Å². The van der Waals surface area contributed by atoms with Crippen molar-refractivity contribution in [3.63, 3.8) is 0 Å². The Hall–Kier alpha value is -1.78. The van der Waals surface area contributed by atoms with Gasteiger partial charge in [-0.15, -0.1) is 0 Å². The Morgan fingerprint density at radius 2 is 2.00 bits per heavy atom. The summed E-state index contributed by atoms with van der Waals surface area (Å²) in [4.78, 5) is 18.6. The molecule has 2 aromatic rings. The van der Waals surface area contributed by atoms with Crippen LogP contribution in [0.25, 0.3) is 11.0 Å². The second-order valence-corrected chi connectivity index (χ2v) is 4.72. The first-order valence-corrected chi connectivity index (χ1v) is 5.68. The molecule has 0 fully saturated rings. The van der Waals surface area contributed by atoms with Gasteiger partial charge in [-0.1, -0.05) is 0 Å². The molecule has 2 heterocycles. The highest BCUT2D eigenvalue weighted by Gasteiger charge is 2.13. The van der Waals surface area contributed by atoms with Crippen molar-refractivity contribution in [2.75, 3.05) is 19.0 Å². The fourth-order valence-electron chi connectivity index (χ4n) is 1.98. The van der Waals surface area contributed by atoms with Gasteiger partial charge in [0, 0.05) is 33.4 Å².